The van der Waals surface area contributed by atoms with Crippen LogP contribution >= 0.6 is 0 Å². The third-order valence-corrected chi connectivity index (χ3v) is 3.25. The van der Waals surface area contributed by atoms with Crippen LogP contribution in [0.25, 0.3) is 11.4 Å². The van der Waals surface area contributed by atoms with E-state index in [2.05, 4.69) is 26.2 Å². The Hall–Kier alpha value is -2.76. The summed E-state index contributed by atoms with van der Waals surface area (Å²) in [6.07, 6.45) is 8.93. The highest BCUT2D eigenvalue weighted by Gasteiger charge is 2.13. The smallest absolute Gasteiger partial charge is 0.337 e. The van der Waals surface area contributed by atoms with Gasteiger partial charge in [0.25, 0.3) is 0 Å². The van der Waals surface area contributed by atoms with Crippen LogP contribution in [-0.2, 0) is 4.74 Å². The molecule has 0 aliphatic heterocycles. The molecule has 1 aromatic heterocycles. The molecule has 6 nitrogen and oxygen atoms in total. The first kappa shape index (κ1) is 13.2. The fourth-order valence-electron chi connectivity index (χ4n) is 2.09. The SMILES string of the molecule is COC(=O)c1ccc(-c2nnn(C3C=CC=CC3)n2)cc1. The second-order valence-electron chi connectivity index (χ2n) is 4.62. The minimum atomic E-state index is -0.364. The van der Waals surface area contributed by atoms with Crippen LogP contribution in [-0.4, -0.2) is 33.3 Å². The van der Waals surface area contributed by atoms with E-state index in [9.17, 15) is 4.79 Å². The molecule has 0 spiro atoms. The maximum atomic E-state index is 11.4. The number of esters is 1. The Morgan fingerprint density at radius 2 is 2.10 bits per heavy atom. The molecule has 1 atom stereocenters. The zero-order chi connectivity index (χ0) is 14.7. The molecule has 6 heteroatoms. The van der Waals surface area contributed by atoms with Crippen LogP contribution in [0.4, 0.5) is 0 Å². The highest BCUT2D eigenvalue weighted by atomic mass is 16.5. The molecule has 1 aliphatic carbocycles. The molecule has 0 amide bonds. The predicted molar refractivity (Wildman–Crippen MR) is 76.5 cm³/mol. The lowest BCUT2D eigenvalue weighted by atomic mass is 10.1. The van der Waals surface area contributed by atoms with Gasteiger partial charge in [0, 0.05) is 5.56 Å². The summed E-state index contributed by atoms with van der Waals surface area (Å²) in [7, 11) is 1.36. The highest BCUT2D eigenvalue weighted by Crippen LogP contribution is 2.19. The molecule has 106 valence electrons. The standard InChI is InChI=1S/C15H14N4O2/c1-21-15(20)12-9-7-11(8-10-12)14-16-18-19(17-14)13-5-3-2-4-6-13/h2-5,7-10,13H,6H2,1H3. The molecule has 0 bridgehead atoms. The van der Waals surface area contributed by atoms with Crippen LogP contribution in [0.5, 0.6) is 0 Å². The van der Waals surface area contributed by atoms with E-state index in [0.29, 0.717) is 11.4 Å². The average molecular weight is 282 g/mol. The Morgan fingerprint density at radius 3 is 2.76 bits per heavy atom. The van der Waals surface area contributed by atoms with Crippen LogP contribution in [0.3, 0.4) is 0 Å². The molecule has 0 radical (unpaired) electrons. The summed E-state index contributed by atoms with van der Waals surface area (Å²) in [6.45, 7) is 0. The van der Waals surface area contributed by atoms with Gasteiger partial charge in [-0.2, -0.15) is 4.80 Å². The van der Waals surface area contributed by atoms with E-state index in [1.807, 2.05) is 18.2 Å². The third-order valence-electron chi connectivity index (χ3n) is 3.25. The maximum Gasteiger partial charge on any atom is 0.337 e. The maximum absolute atomic E-state index is 11.4. The summed E-state index contributed by atoms with van der Waals surface area (Å²) in [6, 6.07) is 7.04. The molecule has 0 fully saturated rings. The van der Waals surface area contributed by atoms with Crippen LogP contribution < -0.4 is 0 Å². The minimum absolute atomic E-state index is 0.102. The molecular formula is C15H14N4O2. The lowest BCUT2D eigenvalue weighted by Gasteiger charge is -2.10. The Labute approximate surface area is 121 Å². The fraction of sp³-hybridized carbons (Fsp3) is 0.200. The number of hydrogen-bond donors (Lipinski definition) is 0. The van der Waals surface area contributed by atoms with Crippen LogP contribution in [0, 0.1) is 0 Å². The van der Waals surface area contributed by atoms with Gasteiger partial charge >= 0.3 is 5.97 Å². The van der Waals surface area contributed by atoms with Gasteiger partial charge in [-0.15, -0.1) is 10.2 Å². The summed E-state index contributed by atoms with van der Waals surface area (Å²) in [5.74, 6) is 0.173. The van der Waals surface area contributed by atoms with Crippen molar-refractivity contribution >= 4 is 5.97 Å². The van der Waals surface area contributed by atoms with Crippen molar-refractivity contribution in [3.05, 3.63) is 54.1 Å². The number of methoxy groups -OCH3 is 1. The minimum Gasteiger partial charge on any atom is -0.465 e. The van der Waals surface area contributed by atoms with Crippen LogP contribution in [0.2, 0.25) is 0 Å². The largest absolute Gasteiger partial charge is 0.465 e. The van der Waals surface area contributed by atoms with Crippen LogP contribution in [0.1, 0.15) is 22.8 Å². The van der Waals surface area contributed by atoms with Crippen molar-refractivity contribution in [3.8, 4) is 11.4 Å². The Kier molecular flexibility index (Phi) is 3.59. The molecule has 21 heavy (non-hydrogen) atoms. The summed E-state index contributed by atoms with van der Waals surface area (Å²) in [5.41, 5.74) is 1.30. The Bertz CT molecular complexity index is 701. The van der Waals surface area contributed by atoms with Crippen LogP contribution in [0.15, 0.2) is 48.6 Å². The van der Waals surface area contributed by atoms with Crippen molar-refractivity contribution in [2.45, 2.75) is 12.5 Å². The molecule has 0 saturated carbocycles. The summed E-state index contributed by atoms with van der Waals surface area (Å²) < 4.78 is 4.66. The van der Waals surface area contributed by atoms with Crippen molar-refractivity contribution in [1.82, 2.24) is 20.2 Å². The lowest BCUT2D eigenvalue weighted by Crippen LogP contribution is -2.10. The Morgan fingerprint density at radius 1 is 1.29 bits per heavy atom. The number of carbonyl (C=O) groups is 1. The number of carbonyl (C=O) groups excluding carboxylic acids is 1. The van der Waals surface area contributed by atoms with E-state index in [1.165, 1.54) is 7.11 Å². The molecule has 1 heterocycles. The van der Waals surface area contributed by atoms with Gasteiger partial charge in [0.05, 0.1) is 18.7 Å². The van der Waals surface area contributed by atoms with E-state index in [1.54, 1.807) is 29.1 Å². The first-order chi connectivity index (χ1) is 10.3. The second-order valence-corrected chi connectivity index (χ2v) is 4.62. The van der Waals surface area contributed by atoms with Crippen molar-refractivity contribution in [2.24, 2.45) is 0 Å². The van der Waals surface area contributed by atoms with Gasteiger partial charge in [0.15, 0.2) is 0 Å². The molecule has 0 N–H and O–H groups in total. The van der Waals surface area contributed by atoms with Gasteiger partial charge in [-0.25, -0.2) is 4.79 Å². The molecule has 1 aliphatic rings. The first-order valence-corrected chi connectivity index (χ1v) is 6.59. The van der Waals surface area contributed by atoms with Crippen molar-refractivity contribution in [2.75, 3.05) is 7.11 Å². The lowest BCUT2D eigenvalue weighted by molar-refractivity contribution is 0.0601. The van der Waals surface area contributed by atoms with Gasteiger partial charge in [-0.1, -0.05) is 36.4 Å². The quantitative estimate of drug-likeness (QED) is 0.807. The predicted octanol–water partition coefficient (Wildman–Crippen LogP) is 2.18. The van der Waals surface area contributed by atoms with E-state index in [0.717, 1.165) is 12.0 Å². The topological polar surface area (TPSA) is 69.9 Å². The number of allylic oxidation sites excluding steroid dienone is 4. The summed E-state index contributed by atoms with van der Waals surface area (Å²) >= 11 is 0. The van der Waals surface area contributed by atoms with E-state index in [4.69, 9.17) is 0 Å². The second kappa shape index (κ2) is 5.70. The number of hydrogen-bond acceptors (Lipinski definition) is 5. The van der Waals surface area contributed by atoms with Crippen molar-refractivity contribution in [3.63, 3.8) is 0 Å². The number of ether oxygens (including phenoxy) is 1. The molecule has 0 saturated heterocycles. The van der Waals surface area contributed by atoms with E-state index in [-0.39, 0.29) is 12.0 Å². The monoisotopic (exact) mass is 282 g/mol. The Balaban J connectivity index is 1.81. The van der Waals surface area contributed by atoms with Gasteiger partial charge < -0.3 is 4.74 Å². The van der Waals surface area contributed by atoms with Gasteiger partial charge in [0.2, 0.25) is 5.82 Å². The van der Waals surface area contributed by atoms with Gasteiger partial charge in [0.1, 0.15) is 0 Å². The van der Waals surface area contributed by atoms with Crippen molar-refractivity contribution in [1.29, 1.82) is 0 Å². The third kappa shape index (κ3) is 2.74. The summed E-state index contributed by atoms with van der Waals surface area (Å²) in [4.78, 5) is 13.0. The highest BCUT2D eigenvalue weighted by molar-refractivity contribution is 5.89. The zero-order valence-corrected chi connectivity index (χ0v) is 11.5. The van der Waals surface area contributed by atoms with Gasteiger partial charge in [-0.3, -0.25) is 0 Å². The number of rotatable bonds is 3. The number of nitrogens with zero attached hydrogens (tertiary/aromatic N) is 4. The van der Waals surface area contributed by atoms with E-state index >= 15 is 0 Å². The normalized spacial score (nSPS) is 16.9. The fourth-order valence-corrected chi connectivity index (χ4v) is 2.09. The molecule has 3 rings (SSSR count). The van der Waals surface area contributed by atoms with E-state index < -0.39 is 0 Å². The van der Waals surface area contributed by atoms with Gasteiger partial charge in [-0.05, 0) is 23.8 Å². The molecule has 1 unspecified atom stereocenters. The number of tetrazole rings is 1. The number of aromatic nitrogens is 4. The first-order valence-electron chi connectivity index (χ1n) is 6.59. The van der Waals surface area contributed by atoms with Crippen molar-refractivity contribution < 1.29 is 9.53 Å². The number of benzene rings is 1. The molecule has 1 aromatic carbocycles. The molecule has 2 aromatic rings. The molecular weight excluding hydrogens is 268 g/mol. The zero-order valence-electron chi connectivity index (χ0n) is 11.5. The summed E-state index contributed by atoms with van der Waals surface area (Å²) in [5, 5.41) is 12.5. The average Bonchev–Trinajstić information content (AvgIpc) is 3.05.